The number of allylic oxidation sites excluding steroid dienone is 1. The lowest BCUT2D eigenvalue weighted by Gasteiger charge is -2.25. The normalized spacial score (nSPS) is 13.3. The SMILES string of the molecule is Cc1ccc(-c2ccc(NC(=O)C(c3ccc(/C=C/C(C)(C)C)cc3)C(C)c3ccc(C(=O)CCCS(=O)(=O)O)cc3)cc2)c(C)c1. The van der Waals surface area contributed by atoms with E-state index >= 15 is 0 Å². The molecule has 6 nitrogen and oxygen atoms in total. The van der Waals surface area contributed by atoms with Crippen LogP contribution >= 0.6 is 0 Å². The van der Waals surface area contributed by atoms with E-state index in [0.29, 0.717) is 11.3 Å². The van der Waals surface area contributed by atoms with Gasteiger partial charge in [0.15, 0.2) is 5.78 Å². The fourth-order valence-corrected chi connectivity index (χ4v) is 6.15. The van der Waals surface area contributed by atoms with Crippen LogP contribution in [0, 0.1) is 19.3 Å². The molecule has 0 bridgehead atoms. The third-order valence-electron chi connectivity index (χ3n) is 8.26. The van der Waals surface area contributed by atoms with Crippen molar-refractivity contribution in [3.63, 3.8) is 0 Å². The van der Waals surface area contributed by atoms with Crippen molar-refractivity contribution in [1.29, 1.82) is 0 Å². The van der Waals surface area contributed by atoms with Crippen molar-refractivity contribution in [3.8, 4) is 11.1 Å². The summed E-state index contributed by atoms with van der Waals surface area (Å²) in [6.07, 6.45) is 4.30. The number of anilines is 1. The van der Waals surface area contributed by atoms with Crippen molar-refractivity contribution in [2.75, 3.05) is 11.1 Å². The molecule has 0 aromatic heterocycles. The Kier molecular flexibility index (Phi) is 11.4. The van der Waals surface area contributed by atoms with Crippen LogP contribution in [0.2, 0.25) is 0 Å². The molecule has 4 aromatic carbocycles. The first-order valence-corrected chi connectivity index (χ1v) is 17.6. The topological polar surface area (TPSA) is 101 Å². The number of Topliss-reactive ketones (excluding diaryl/α,β-unsaturated/α-hetero) is 1. The van der Waals surface area contributed by atoms with Gasteiger partial charge in [-0.15, -0.1) is 0 Å². The molecule has 0 saturated carbocycles. The van der Waals surface area contributed by atoms with E-state index in [1.807, 2.05) is 67.6 Å². The zero-order chi connectivity index (χ0) is 34.4. The first-order valence-electron chi connectivity index (χ1n) is 16.0. The van der Waals surface area contributed by atoms with Gasteiger partial charge in [0.05, 0.1) is 11.7 Å². The zero-order valence-electron chi connectivity index (χ0n) is 28.1. The number of benzene rings is 4. The highest BCUT2D eigenvalue weighted by Crippen LogP contribution is 2.35. The molecule has 0 aliphatic rings. The van der Waals surface area contributed by atoms with Crippen molar-refractivity contribution in [2.24, 2.45) is 5.41 Å². The molecule has 4 aromatic rings. The largest absolute Gasteiger partial charge is 0.326 e. The second-order valence-electron chi connectivity index (χ2n) is 13.5. The van der Waals surface area contributed by atoms with Crippen LogP contribution in [0.15, 0.2) is 97.1 Å². The number of hydrogen-bond acceptors (Lipinski definition) is 4. The van der Waals surface area contributed by atoms with Gasteiger partial charge in [0.1, 0.15) is 0 Å². The first-order chi connectivity index (χ1) is 22.1. The number of amides is 1. The second-order valence-corrected chi connectivity index (χ2v) is 15.0. The maximum atomic E-state index is 14.0. The van der Waals surface area contributed by atoms with Crippen LogP contribution in [0.25, 0.3) is 17.2 Å². The van der Waals surface area contributed by atoms with Crippen LogP contribution in [0.5, 0.6) is 0 Å². The lowest BCUT2D eigenvalue weighted by atomic mass is 9.81. The van der Waals surface area contributed by atoms with Gasteiger partial charge in [-0.05, 0) is 77.1 Å². The van der Waals surface area contributed by atoms with E-state index in [1.54, 1.807) is 12.1 Å². The van der Waals surface area contributed by atoms with E-state index in [0.717, 1.165) is 27.8 Å². The standard InChI is InChI=1S/C40H45NO5S/c1-27-9-22-36(28(2)26-27)32-18-20-35(21-19-32)41-39(43)38(34-12-10-30(11-13-34)23-24-40(4,5)6)29(3)31-14-16-33(17-15-31)37(42)8-7-25-47(44,45)46/h9-24,26,29,38H,7-8,25H2,1-6H3,(H,41,43)(H,44,45,46)/b24-23+. The number of carbonyl (C=O) groups excluding carboxylic acids is 2. The number of hydrogen-bond donors (Lipinski definition) is 2. The van der Waals surface area contributed by atoms with E-state index in [2.05, 4.69) is 70.3 Å². The molecule has 0 aliphatic carbocycles. The average molecular weight is 652 g/mol. The Balaban J connectivity index is 1.58. The Morgan fingerprint density at radius 2 is 1.47 bits per heavy atom. The molecule has 246 valence electrons. The van der Waals surface area contributed by atoms with Gasteiger partial charge in [-0.2, -0.15) is 8.42 Å². The summed E-state index contributed by atoms with van der Waals surface area (Å²) >= 11 is 0. The van der Waals surface area contributed by atoms with Crippen molar-refractivity contribution in [3.05, 3.63) is 130 Å². The molecule has 0 spiro atoms. The highest BCUT2D eigenvalue weighted by molar-refractivity contribution is 7.85. The van der Waals surface area contributed by atoms with Gasteiger partial charge < -0.3 is 5.32 Å². The molecule has 4 rings (SSSR count). The van der Waals surface area contributed by atoms with Crippen LogP contribution in [-0.2, 0) is 14.9 Å². The van der Waals surface area contributed by atoms with E-state index < -0.39 is 21.8 Å². The summed E-state index contributed by atoms with van der Waals surface area (Å²) in [5, 5.41) is 3.14. The molecular weight excluding hydrogens is 607 g/mol. The van der Waals surface area contributed by atoms with Crippen LogP contribution in [-0.4, -0.2) is 30.4 Å². The van der Waals surface area contributed by atoms with Crippen LogP contribution in [0.4, 0.5) is 5.69 Å². The van der Waals surface area contributed by atoms with Crippen LogP contribution < -0.4 is 5.32 Å². The Labute approximate surface area is 279 Å². The van der Waals surface area contributed by atoms with Gasteiger partial charge in [0.2, 0.25) is 5.91 Å². The minimum Gasteiger partial charge on any atom is -0.326 e. The van der Waals surface area contributed by atoms with Crippen molar-refractivity contribution in [1.82, 2.24) is 0 Å². The molecule has 1 amide bonds. The molecule has 2 atom stereocenters. The van der Waals surface area contributed by atoms with Gasteiger partial charge in [-0.25, -0.2) is 0 Å². The van der Waals surface area contributed by atoms with Crippen molar-refractivity contribution in [2.45, 2.75) is 66.2 Å². The highest BCUT2D eigenvalue weighted by atomic mass is 32.2. The molecule has 2 N–H and O–H groups in total. The minimum absolute atomic E-state index is 0.0119. The Morgan fingerprint density at radius 3 is 2.04 bits per heavy atom. The van der Waals surface area contributed by atoms with Crippen molar-refractivity contribution < 1.29 is 22.6 Å². The monoisotopic (exact) mass is 651 g/mol. The molecule has 47 heavy (non-hydrogen) atoms. The third kappa shape index (κ3) is 10.3. The summed E-state index contributed by atoms with van der Waals surface area (Å²) < 4.78 is 31.0. The van der Waals surface area contributed by atoms with E-state index in [-0.39, 0.29) is 35.9 Å². The molecule has 0 fully saturated rings. The highest BCUT2D eigenvalue weighted by Gasteiger charge is 2.28. The number of carbonyl (C=O) groups is 2. The molecule has 0 saturated heterocycles. The summed E-state index contributed by atoms with van der Waals surface area (Å²) in [4.78, 5) is 26.7. The second kappa shape index (κ2) is 15.1. The van der Waals surface area contributed by atoms with Crippen molar-refractivity contribution >= 4 is 33.6 Å². The van der Waals surface area contributed by atoms with E-state index in [9.17, 15) is 18.0 Å². The number of nitrogens with one attached hydrogen (secondary N) is 1. The quantitative estimate of drug-likeness (QED) is 0.117. The minimum atomic E-state index is -4.11. The number of ketones is 1. The summed E-state index contributed by atoms with van der Waals surface area (Å²) in [6, 6.07) is 29.4. The molecule has 7 heteroatoms. The summed E-state index contributed by atoms with van der Waals surface area (Å²) in [5.74, 6) is -1.55. The number of aryl methyl sites for hydroxylation is 2. The molecular formula is C40H45NO5S. The molecule has 0 radical (unpaired) electrons. The maximum Gasteiger partial charge on any atom is 0.264 e. The van der Waals surface area contributed by atoms with Gasteiger partial charge in [0, 0.05) is 17.7 Å². The first kappa shape index (κ1) is 35.5. The zero-order valence-corrected chi connectivity index (χ0v) is 28.9. The van der Waals surface area contributed by atoms with Gasteiger partial charge >= 0.3 is 0 Å². The van der Waals surface area contributed by atoms with Crippen LogP contribution in [0.1, 0.15) is 90.5 Å². The predicted molar refractivity (Wildman–Crippen MR) is 192 cm³/mol. The lowest BCUT2D eigenvalue weighted by Crippen LogP contribution is -2.25. The molecule has 2 unspecified atom stereocenters. The Hall–Kier alpha value is -4.33. The number of rotatable bonds is 12. The Morgan fingerprint density at radius 1 is 0.851 bits per heavy atom. The van der Waals surface area contributed by atoms with E-state index in [1.165, 1.54) is 11.1 Å². The van der Waals surface area contributed by atoms with Gasteiger partial charge in [-0.1, -0.05) is 124 Å². The summed E-state index contributed by atoms with van der Waals surface area (Å²) in [5.41, 5.74) is 8.67. The predicted octanol–water partition coefficient (Wildman–Crippen LogP) is 9.41. The van der Waals surface area contributed by atoms with Crippen LogP contribution in [0.3, 0.4) is 0 Å². The fraction of sp³-hybridized carbons (Fsp3) is 0.300. The third-order valence-corrected chi connectivity index (χ3v) is 9.07. The van der Waals surface area contributed by atoms with Gasteiger partial charge in [-0.3, -0.25) is 14.1 Å². The molecule has 0 heterocycles. The Bertz CT molecular complexity index is 1830. The smallest absolute Gasteiger partial charge is 0.264 e. The molecule has 0 aliphatic heterocycles. The van der Waals surface area contributed by atoms with Gasteiger partial charge in [0.25, 0.3) is 10.1 Å². The summed E-state index contributed by atoms with van der Waals surface area (Å²) in [7, 11) is -4.11. The summed E-state index contributed by atoms with van der Waals surface area (Å²) in [6.45, 7) is 12.6. The average Bonchev–Trinajstić information content (AvgIpc) is 3.00. The lowest BCUT2D eigenvalue weighted by molar-refractivity contribution is -0.118. The van der Waals surface area contributed by atoms with E-state index in [4.69, 9.17) is 4.55 Å². The fourth-order valence-electron chi connectivity index (χ4n) is 5.64. The maximum absolute atomic E-state index is 14.0.